The molecule has 0 atom stereocenters. The van der Waals surface area contributed by atoms with Crippen LogP contribution in [-0.4, -0.2) is 26.8 Å². The first-order valence-corrected chi connectivity index (χ1v) is 10.0. The minimum Gasteiger partial charge on any atom is -0.343 e. The molecule has 0 aliphatic heterocycles. The van der Waals surface area contributed by atoms with E-state index in [4.69, 9.17) is 4.52 Å². The van der Waals surface area contributed by atoms with Crippen molar-refractivity contribution in [2.45, 2.75) is 36.8 Å². The van der Waals surface area contributed by atoms with Gasteiger partial charge in [0, 0.05) is 17.9 Å². The largest absolute Gasteiger partial charge is 0.343 e. The Balaban J connectivity index is 1.33. The number of aryl methyl sites for hydroxylation is 1. The minimum absolute atomic E-state index is 0.184. The lowest BCUT2D eigenvalue weighted by molar-refractivity contribution is 0.0942. The van der Waals surface area contributed by atoms with Crippen molar-refractivity contribution in [2.75, 3.05) is 5.75 Å². The lowest BCUT2D eigenvalue weighted by Crippen LogP contribution is -2.24. The molecule has 1 aromatic carbocycles. The van der Waals surface area contributed by atoms with Gasteiger partial charge in [0.1, 0.15) is 5.03 Å². The van der Waals surface area contributed by atoms with E-state index in [1.54, 1.807) is 30.1 Å². The van der Waals surface area contributed by atoms with E-state index < -0.39 is 0 Å². The number of carbonyl (C=O) groups is 1. The highest BCUT2D eigenvalue weighted by Gasteiger charge is 2.28. The van der Waals surface area contributed by atoms with Crippen LogP contribution in [0.2, 0.25) is 0 Å². The highest BCUT2D eigenvalue weighted by Crippen LogP contribution is 2.38. The molecule has 3 aromatic rings. The summed E-state index contributed by atoms with van der Waals surface area (Å²) in [5, 5.41) is 7.54. The topological polar surface area (TPSA) is 80.9 Å². The molecule has 6 nitrogen and oxygen atoms in total. The zero-order chi connectivity index (χ0) is 18.5. The molecule has 0 bridgehead atoms. The highest BCUT2D eigenvalue weighted by atomic mass is 32.2. The zero-order valence-electron chi connectivity index (χ0n) is 14.8. The Morgan fingerprint density at radius 2 is 2.04 bits per heavy atom. The van der Waals surface area contributed by atoms with Crippen LogP contribution in [-0.2, 0) is 13.0 Å². The van der Waals surface area contributed by atoms with Crippen LogP contribution in [0.3, 0.4) is 0 Å². The van der Waals surface area contributed by atoms with Gasteiger partial charge in [-0.15, -0.1) is 11.8 Å². The smallest absolute Gasteiger partial charge is 0.254 e. The molecule has 1 amide bonds. The minimum atomic E-state index is -0.184. The van der Waals surface area contributed by atoms with Crippen LogP contribution in [0, 0.1) is 0 Å². The Kier molecular flexibility index (Phi) is 5.48. The predicted octanol–water partition coefficient (Wildman–Crippen LogP) is 3.61. The second kappa shape index (κ2) is 8.35. The maximum atomic E-state index is 12.6. The van der Waals surface area contributed by atoms with E-state index in [1.807, 2.05) is 18.2 Å². The van der Waals surface area contributed by atoms with Gasteiger partial charge in [-0.05, 0) is 37.0 Å². The van der Waals surface area contributed by atoms with Gasteiger partial charge in [0.25, 0.3) is 5.91 Å². The summed E-state index contributed by atoms with van der Waals surface area (Å²) in [6.07, 6.45) is 4.87. The van der Waals surface area contributed by atoms with Crippen molar-refractivity contribution < 1.29 is 9.32 Å². The van der Waals surface area contributed by atoms with Gasteiger partial charge in [0.2, 0.25) is 5.89 Å². The van der Waals surface area contributed by atoms with E-state index in [2.05, 4.69) is 32.6 Å². The molecule has 0 saturated heterocycles. The van der Waals surface area contributed by atoms with Crippen LogP contribution in [0.4, 0.5) is 0 Å². The standard InChI is InChI=1S/C20H20N4O2S/c25-19(22-13-17-23-18(24-26-17)15-8-9-15)16-7-4-11-21-20(16)27-12-10-14-5-2-1-3-6-14/h1-7,11,15H,8-10,12-13H2,(H,22,25). The van der Waals surface area contributed by atoms with Crippen molar-refractivity contribution in [3.63, 3.8) is 0 Å². The third kappa shape index (κ3) is 4.74. The third-order valence-electron chi connectivity index (χ3n) is 4.31. The fourth-order valence-electron chi connectivity index (χ4n) is 2.69. The van der Waals surface area contributed by atoms with Crippen molar-refractivity contribution in [2.24, 2.45) is 0 Å². The third-order valence-corrected chi connectivity index (χ3v) is 5.32. The molecule has 4 rings (SSSR count). The second-order valence-corrected chi connectivity index (χ2v) is 7.53. The number of hydrogen-bond donors (Lipinski definition) is 1. The number of pyridine rings is 1. The summed E-state index contributed by atoms with van der Waals surface area (Å²) in [6, 6.07) is 13.8. The van der Waals surface area contributed by atoms with Gasteiger partial charge >= 0.3 is 0 Å². The number of rotatable bonds is 8. The van der Waals surface area contributed by atoms with E-state index in [1.165, 1.54) is 5.56 Å². The van der Waals surface area contributed by atoms with E-state index in [9.17, 15) is 4.79 Å². The molecule has 1 saturated carbocycles. The average molecular weight is 380 g/mol. The van der Waals surface area contributed by atoms with E-state index in [-0.39, 0.29) is 12.5 Å². The monoisotopic (exact) mass is 380 g/mol. The molecule has 1 aliphatic carbocycles. The summed E-state index contributed by atoms with van der Waals surface area (Å²) in [5.41, 5.74) is 1.84. The van der Waals surface area contributed by atoms with Gasteiger partial charge in [-0.25, -0.2) is 4.98 Å². The molecule has 0 unspecified atom stereocenters. The number of hydrogen-bond acceptors (Lipinski definition) is 6. The zero-order valence-corrected chi connectivity index (χ0v) is 15.6. The van der Waals surface area contributed by atoms with Crippen molar-refractivity contribution in [3.8, 4) is 0 Å². The SMILES string of the molecule is O=C(NCc1nc(C2CC2)no1)c1cccnc1SCCc1ccccc1. The molecule has 1 N–H and O–H groups in total. The quantitative estimate of drug-likeness (QED) is 0.601. The van der Waals surface area contributed by atoms with E-state index in [0.717, 1.165) is 35.9 Å². The first-order valence-electron chi connectivity index (χ1n) is 9.02. The number of nitrogens with one attached hydrogen (secondary N) is 1. The van der Waals surface area contributed by atoms with Crippen LogP contribution in [0.1, 0.15) is 46.4 Å². The summed E-state index contributed by atoms with van der Waals surface area (Å²) >= 11 is 1.58. The Bertz CT molecular complexity index is 909. The summed E-state index contributed by atoms with van der Waals surface area (Å²) in [7, 11) is 0. The Hall–Kier alpha value is -2.67. The molecule has 0 spiro atoms. The number of aromatic nitrogens is 3. The van der Waals surface area contributed by atoms with Crippen LogP contribution >= 0.6 is 11.8 Å². The normalized spacial score (nSPS) is 13.5. The number of thioether (sulfide) groups is 1. The lowest BCUT2D eigenvalue weighted by atomic mass is 10.2. The molecule has 0 radical (unpaired) electrons. The first kappa shape index (κ1) is 17.7. The lowest BCUT2D eigenvalue weighted by Gasteiger charge is -2.08. The summed E-state index contributed by atoms with van der Waals surface area (Å²) < 4.78 is 5.20. The van der Waals surface area contributed by atoms with Crippen molar-refractivity contribution >= 4 is 17.7 Å². The number of carbonyl (C=O) groups excluding carboxylic acids is 1. The van der Waals surface area contributed by atoms with E-state index >= 15 is 0 Å². The molecule has 2 aromatic heterocycles. The molecule has 1 aliphatic rings. The Morgan fingerprint density at radius 1 is 1.19 bits per heavy atom. The summed E-state index contributed by atoms with van der Waals surface area (Å²) in [5.74, 6) is 2.29. The van der Waals surface area contributed by atoms with Gasteiger partial charge < -0.3 is 9.84 Å². The van der Waals surface area contributed by atoms with Crippen molar-refractivity contribution in [1.29, 1.82) is 0 Å². The summed E-state index contributed by atoms with van der Waals surface area (Å²) in [4.78, 5) is 21.3. The molecule has 7 heteroatoms. The summed E-state index contributed by atoms with van der Waals surface area (Å²) in [6.45, 7) is 0.224. The Morgan fingerprint density at radius 3 is 2.85 bits per heavy atom. The number of nitrogens with zero attached hydrogens (tertiary/aromatic N) is 3. The van der Waals surface area contributed by atoms with Crippen molar-refractivity contribution in [3.05, 3.63) is 71.5 Å². The van der Waals surface area contributed by atoms with Gasteiger partial charge in [-0.3, -0.25) is 4.79 Å². The molecule has 138 valence electrons. The maximum Gasteiger partial charge on any atom is 0.254 e. The van der Waals surface area contributed by atoms with Gasteiger partial charge in [0.15, 0.2) is 5.82 Å². The molecule has 27 heavy (non-hydrogen) atoms. The number of amides is 1. The molecule has 1 fully saturated rings. The van der Waals surface area contributed by atoms with E-state index in [0.29, 0.717) is 17.4 Å². The fourth-order valence-corrected chi connectivity index (χ4v) is 3.67. The average Bonchev–Trinajstić information content (AvgIpc) is 3.45. The first-order chi connectivity index (χ1) is 13.3. The van der Waals surface area contributed by atoms with Crippen LogP contribution < -0.4 is 5.32 Å². The molecular weight excluding hydrogens is 360 g/mol. The molecule has 2 heterocycles. The highest BCUT2D eigenvalue weighted by molar-refractivity contribution is 7.99. The van der Waals surface area contributed by atoms with Crippen LogP contribution in [0.5, 0.6) is 0 Å². The fraction of sp³-hybridized carbons (Fsp3) is 0.300. The second-order valence-electron chi connectivity index (χ2n) is 6.44. The van der Waals surface area contributed by atoms with Crippen LogP contribution in [0.15, 0.2) is 58.2 Å². The van der Waals surface area contributed by atoms with Gasteiger partial charge in [0.05, 0.1) is 12.1 Å². The predicted molar refractivity (Wildman–Crippen MR) is 103 cm³/mol. The van der Waals surface area contributed by atoms with Crippen molar-refractivity contribution in [1.82, 2.24) is 20.4 Å². The van der Waals surface area contributed by atoms with Gasteiger partial charge in [-0.1, -0.05) is 35.5 Å². The van der Waals surface area contributed by atoms with Gasteiger partial charge in [-0.2, -0.15) is 4.98 Å². The maximum absolute atomic E-state index is 12.6. The van der Waals surface area contributed by atoms with Crippen LogP contribution in [0.25, 0.3) is 0 Å². The Labute approximate surface area is 161 Å². The molecular formula is C20H20N4O2S. The number of benzene rings is 1.